The largest absolute Gasteiger partial charge is 0.434 e. The molecule has 1 atom stereocenters. The molecule has 0 radical (unpaired) electrons. The highest BCUT2D eigenvalue weighted by atomic mass is 19.3. The summed E-state index contributed by atoms with van der Waals surface area (Å²) in [6.07, 6.45) is 8.52. The average Bonchev–Trinajstić information content (AvgIpc) is 3.35. The molecule has 0 saturated heterocycles. The van der Waals surface area contributed by atoms with Gasteiger partial charge in [-0.05, 0) is 51.0 Å². The fourth-order valence-corrected chi connectivity index (χ4v) is 4.14. The summed E-state index contributed by atoms with van der Waals surface area (Å²) in [6.45, 7) is 6.45. The van der Waals surface area contributed by atoms with Crippen LogP contribution in [0.1, 0.15) is 39.1 Å². The van der Waals surface area contributed by atoms with Gasteiger partial charge in [-0.1, -0.05) is 24.8 Å². The molecule has 2 aromatic heterocycles. The van der Waals surface area contributed by atoms with E-state index in [0.29, 0.717) is 40.8 Å². The van der Waals surface area contributed by atoms with Crippen molar-refractivity contribution in [2.45, 2.75) is 52.0 Å². The number of allylic oxidation sites excluding steroid dienone is 4. The molecule has 1 aliphatic heterocycles. The molecule has 1 aromatic carbocycles. The van der Waals surface area contributed by atoms with Crippen LogP contribution < -0.4 is 5.56 Å². The maximum Gasteiger partial charge on any atom is 0.387 e. The van der Waals surface area contributed by atoms with E-state index >= 15 is 0 Å². The summed E-state index contributed by atoms with van der Waals surface area (Å²) >= 11 is 0. The summed E-state index contributed by atoms with van der Waals surface area (Å²) in [5.41, 5.74) is 1.20. The minimum atomic E-state index is -2.99. The Hall–Kier alpha value is -3.59. The molecule has 0 bridgehead atoms. The van der Waals surface area contributed by atoms with Gasteiger partial charge in [-0.2, -0.15) is 8.78 Å². The zero-order valence-electron chi connectivity index (χ0n) is 19.2. The first-order chi connectivity index (χ1) is 16.1. The predicted molar refractivity (Wildman–Crippen MR) is 125 cm³/mol. The van der Waals surface area contributed by atoms with Crippen molar-refractivity contribution >= 4 is 10.9 Å². The van der Waals surface area contributed by atoms with Crippen LogP contribution in [0.15, 0.2) is 71.5 Å². The number of hydrogen-bond donors (Lipinski definition) is 1. The van der Waals surface area contributed by atoms with Crippen LogP contribution in [0.4, 0.5) is 8.78 Å². The summed E-state index contributed by atoms with van der Waals surface area (Å²) in [5.74, 6) is 0.279. The van der Waals surface area contributed by atoms with Gasteiger partial charge in [0.1, 0.15) is 11.4 Å². The lowest BCUT2D eigenvalue weighted by Gasteiger charge is -2.20. The van der Waals surface area contributed by atoms with E-state index in [0.717, 1.165) is 5.56 Å². The summed E-state index contributed by atoms with van der Waals surface area (Å²) in [6, 6.07) is 4.97. The zero-order chi connectivity index (χ0) is 24.6. The number of nitrogens with zero attached hydrogens (tertiary/aromatic N) is 4. The van der Waals surface area contributed by atoms with Crippen LogP contribution in [0.25, 0.3) is 22.0 Å². The number of alkyl halides is 2. The van der Waals surface area contributed by atoms with Crippen LogP contribution in [-0.2, 0) is 16.9 Å². The maximum atomic E-state index is 13.0. The summed E-state index contributed by atoms with van der Waals surface area (Å²) in [5, 5.41) is 10.6. The summed E-state index contributed by atoms with van der Waals surface area (Å²) in [7, 11) is 0. The Balaban J connectivity index is 1.78. The second kappa shape index (κ2) is 8.98. The Kier molecular flexibility index (Phi) is 6.22. The normalized spacial score (nSPS) is 16.6. The number of rotatable bonds is 7. The molecule has 3 aromatic rings. The molecule has 178 valence electrons. The Labute approximate surface area is 195 Å². The van der Waals surface area contributed by atoms with E-state index < -0.39 is 18.3 Å². The first-order valence-corrected chi connectivity index (χ1v) is 10.9. The van der Waals surface area contributed by atoms with Crippen LogP contribution in [0.2, 0.25) is 0 Å². The second-order valence-electron chi connectivity index (χ2n) is 8.62. The molecule has 0 fully saturated rings. The van der Waals surface area contributed by atoms with Crippen molar-refractivity contribution in [2.24, 2.45) is 0 Å². The number of halogens is 2. The number of fused-ring (bicyclic) bond motifs is 3. The average molecular weight is 469 g/mol. The topological polar surface area (TPSA) is 82.2 Å². The molecule has 34 heavy (non-hydrogen) atoms. The van der Waals surface area contributed by atoms with Crippen LogP contribution in [0, 0.1) is 0 Å². The Bertz CT molecular complexity index is 1350. The summed E-state index contributed by atoms with van der Waals surface area (Å²) < 4.78 is 34.2. The molecule has 0 amide bonds. The van der Waals surface area contributed by atoms with E-state index in [1.54, 1.807) is 60.7 Å². The van der Waals surface area contributed by atoms with Crippen molar-refractivity contribution in [1.29, 1.82) is 0 Å². The smallest absolute Gasteiger partial charge is 0.387 e. The number of aromatic nitrogens is 4. The van der Waals surface area contributed by atoms with Crippen molar-refractivity contribution in [3.05, 3.63) is 82.9 Å². The van der Waals surface area contributed by atoms with Gasteiger partial charge >= 0.3 is 6.61 Å². The standard InChI is InChI=1S/C25H26F2N4O3/c1-5-6-7-21(34-24(26)27)15(2)19-10-11-30-22(32)18-9-8-16(12-20(18)31(19)30)17-13-28-23(29-14-17)25(3,4)33/h5-9,12-14,19,24,33H,2,10-11H2,1,3-4H3/b6-5-,21-7+/t19-/m0/s1. The SMILES string of the molecule is C=C(/C(=C\C=C/C)OC(F)F)[C@@H]1CCn2c(=O)c3ccc(-c4cnc(C(C)(C)O)nc4)cc3n21. The molecule has 0 unspecified atom stereocenters. The van der Waals surface area contributed by atoms with Gasteiger partial charge in [-0.3, -0.25) is 9.48 Å². The van der Waals surface area contributed by atoms with Crippen molar-refractivity contribution in [3.8, 4) is 11.1 Å². The van der Waals surface area contributed by atoms with E-state index in [9.17, 15) is 18.7 Å². The third-order valence-corrected chi connectivity index (χ3v) is 5.79. The van der Waals surface area contributed by atoms with Crippen LogP contribution in [0.5, 0.6) is 0 Å². The maximum absolute atomic E-state index is 13.0. The minimum absolute atomic E-state index is 0.0207. The van der Waals surface area contributed by atoms with Crippen molar-refractivity contribution in [1.82, 2.24) is 19.3 Å². The highest BCUT2D eigenvalue weighted by Gasteiger charge is 2.31. The van der Waals surface area contributed by atoms with Gasteiger partial charge in [0.15, 0.2) is 5.82 Å². The highest BCUT2D eigenvalue weighted by molar-refractivity contribution is 5.84. The molecule has 0 aliphatic carbocycles. The lowest BCUT2D eigenvalue weighted by molar-refractivity contribution is -0.0940. The number of ether oxygens (including phenoxy) is 1. The van der Waals surface area contributed by atoms with Crippen LogP contribution in [0.3, 0.4) is 0 Å². The zero-order valence-corrected chi connectivity index (χ0v) is 19.2. The fraction of sp³-hybridized carbons (Fsp3) is 0.320. The minimum Gasteiger partial charge on any atom is -0.434 e. The predicted octanol–water partition coefficient (Wildman–Crippen LogP) is 4.69. The molecular weight excluding hydrogens is 442 g/mol. The molecular formula is C25H26F2N4O3. The first kappa shape index (κ1) is 23.6. The molecule has 1 N–H and O–H groups in total. The molecule has 4 rings (SSSR count). The van der Waals surface area contributed by atoms with Gasteiger partial charge in [0.2, 0.25) is 0 Å². The van der Waals surface area contributed by atoms with Gasteiger partial charge < -0.3 is 9.84 Å². The first-order valence-electron chi connectivity index (χ1n) is 10.9. The van der Waals surface area contributed by atoms with E-state index in [1.165, 1.54) is 6.08 Å². The fourth-order valence-electron chi connectivity index (χ4n) is 4.14. The number of hydrogen-bond acceptors (Lipinski definition) is 5. The number of aliphatic hydroxyl groups is 1. The lowest BCUT2D eigenvalue weighted by Crippen LogP contribution is -2.19. The third kappa shape index (κ3) is 4.31. The van der Waals surface area contributed by atoms with E-state index in [2.05, 4.69) is 16.5 Å². The Morgan fingerprint density at radius 1 is 1.29 bits per heavy atom. The van der Waals surface area contributed by atoms with Gasteiger partial charge in [0.25, 0.3) is 5.56 Å². The monoisotopic (exact) mass is 468 g/mol. The quantitative estimate of drug-likeness (QED) is 0.402. The van der Waals surface area contributed by atoms with Crippen LogP contribution in [-0.4, -0.2) is 31.0 Å². The van der Waals surface area contributed by atoms with Crippen molar-refractivity contribution in [2.75, 3.05) is 0 Å². The van der Waals surface area contributed by atoms with E-state index in [1.807, 2.05) is 12.1 Å². The molecule has 0 saturated carbocycles. The highest BCUT2D eigenvalue weighted by Crippen LogP contribution is 2.36. The molecule has 7 nitrogen and oxygen atoms in total. The van der Waals surface area contributed by atoms with Gasteiger partial charge in [0.05, 0.1) is 16.9 Å². The third-order valence-electron chi connectivity index (χ3n) is 5.79. The molecule has 0 spiro atoms. The Morgan fingerprint density at radius 2 is 2.00 bits per heavy atom. The lowest BCUT2D eigenvalue weighted by atomic mass is 10.0. The summed E-state index contributed by atoms with van der Waals surface area (Å²) in [4.78, 5) is 21.5. The molecule has 1 aliphatic rings. The molecule has 3 heterocycles. The van der Waals surface area contributed by atoms with Gasteiger partial charge in [-0.25, -0.2) is 14.6 Å². The van der Waals surface area contributed by atoms with Crippen LogP contribution >= 0.6 is 0 Å². The Morgan fingerprint density at radius 3 is 2.62 bits per heavy atom. The van der Waals surface area contributed by atoms with Gasteiger partial charge in [-0.15, -0.1) is 0 Å². The van der Waals surface area contributed by atoms with Crippen molar-refractivity contribution < 1.29 is 18.6 Å². The van der Waals surface area contributed by atoms with Gasteiger partial charge in [0, 0.05) is 30.1 Å². The van der Waals surface area contributed by atoms with E-state index in [-0.39, 0.29) is 11.3 Å². The second-order valence-corrected chi connectivity index (χ2v) is 8.62. The molecule has 9 heteroatoms. The van der Waals surface area contributed by atoms with Crippen molar-refractivity contribution in [3.63, 3.8) is 0 Å². The number of benzene rings is 1. The van der Waals surface area contributed by atoms with E-state index in [4.69, 9.17) is 4.74 Å².